The highest BCUT2D eigenvalue weighted by molar-refractivity contribution is 7.92. The largest absolute Gasteiger partial charge is 0.340 e. The number of rotatable bonds is 5. The molecule has 1 amide bonds. The summed E-state index contributed by atoms with van der Waals surface area (Å²) in [4.78, 5) is 13.9. The second kappa shape index (κ2) is 7.55. The summed E-state index contributed by atoms with van der Waals surface area (Å²) in [5, 5.41) is 0.107. The third-order valence-electron chi connectivity index (χ3n) is 4.43. The molecule has 0 radical (unpaired) electrons. The summed E-state index contributed by atoms with van der Waals surface area (Å²) in [5.41, 5.74) is 0.299. The molecule has 0 N–H and O–H groups in total. The lowest BCUT2D eigenvalue weighted by molar-refractivity contribution is -0.134. The van der Waals surface area contributed by atoms with Crippen LogP contribution in [0.15, 0.2) is 47.4 Å². The Hall–Kier alpha value is -1.63. The van der Waals surface area contributed by atoms with E-state index in [9.17, 15) is 17.6 Å². The highest BCUT2D eigenvalue weighted by atomic mass is 35.5. The quantitative estimate of drug-likeness (QED) is 0.746. The molecule has 138 valence electrons. The Morgan fingerprint density at radius 1 is 1.12 bits per heavy atom. The molecule has 4 nitrogen and oxygen atoms in total. The number of amides is 1. The summed E-state index contributed by atoms with van der Waals surface area (Å²) < 4.78 is 38.8. The summed E-state index contributed by atoms with van der Waals surface area (Å²) in [5.74, 6) is -0.663. The maximum atomic E-state index is 13.7. The summed E-state index contributed by atoms with van der Waals surface area (Å²) in [7, 11) is -3.50. The molecule has 0 unspecified atom stereocenters. The van der Waals surface area contributed by atoms with E-state index in [1.807, 2.05) is 0 Å². The molecule has 0 aromatic heterocycles. The number of carbonyl (C=O) groups excluding carboxylic acids is 1. The molecule has 0 aliphatic carbocycles. The molecule has 0 atom stereocenters. The van der Waals surface area contributed by atoms with Crippen LogP contribution in [0.1, 0.15) is 12.0 Å². The van der Waals surface area contributed by atoms with E-state index >= 15 is 0 Å². The third kappa shape index (κ3) is 3.87. The first-order valence-corrected chi connectivity index (χ1v) is 10.3. The smallest absolute Gasteiger partial charge is 0.222 e. The van der Waals surface area contributed by atoms with Gasteiger partial charge in [-0.1, -0.05) is 29.3 Å². The van der Waals surface area contributed by atoms with Gasteiger partial charge in [0.1, 0.15) is 11.1 Å². The molecule has 0 spiro atoms. The normalized spacial score (nSPS) is 15.0. The minimum absolute atomic E-state index is 0.0777. The van der Waals surface area contributed by atoms with Gasteiger partial charge in [0.2, 0.25) is 5.91 Å². The topological polar surface area (TPSA) is 54.5 Å². The molecule has 0 saturated carbocycles. The molecule has 1 saturated heterocycles. The van der Waals surface area contributed by atoms with Gasteiger partial charge in [-0.2, -0.15) is 0 Å². The molecular formula is C18H16Cl2FNO3S. The maximum Gasteiger partial charge on any atom is 0.222 e. The van der Waals surface area contributed by atoms with E-state index in [0.717, 1.165) is 0 Å². The third-order valence-corrected chi connectivity index (χ3v) is 7.14. The maximum absolute atomic E-state index is 13.7. The number of hydrogen-bond donors (Lipinski definition) is 0. The van der Waals surface area contributed by atoms with Crippen molar-refractivity contribution in [3.63, 3.8) is 0 Å². The van der Waals surface area contributed by atoms with Crippen LogP contribution < -0.4 is 0 Å². The Morgan fingerprint density at radius 2 is 1.77 bits per heavy atom. The van der Waals surface area contributed by atoms with Crippen LogP contribution in [0.5, 0.6) is 0 Å². The summed E-state index contributed by atoms with van der Waals surface area (Å²) in [6, 6.07) is 10.3. The van der Waals surface area contributed by atoms with Crippen molar-refractivity contribution < 1.29 is 17.6 Å². The van der Waals surface area contributed by atoms with Crippen molar-refractivity contribution in [2.24, 2.45) is 0 Å². The fourth-order valence-corrected chi connectivity index (χ4v) is 4.85. The summed E-state index contributed by atoms with van der Waals surface area (Å²) >= 11 is 11.7. The second-order valence-electron chi connectivity index (χ2n) is 6.12. The van der Waals surface area contributed by atoms with E-state index in [1.165, 1.54) is 41.3 Å². The van der Waals surface area contributed by atoms with Crippen molar-refractivity contribution in [3.8, 4) is 0 Å². The number of carbonyl (C=O) groups is 1. The van der Waals surface area contributed by atoms with Crippen molar-refractivity contribution in [2.45, 2.75) is 23.0 Å². The van der Waals surface area contributed by atoms with E-state index in [0.29, 0.717) is 10.6 Å². The molecule has 2 aromatic rings. The molecule has 26 heavy (non-hydrogen) atoms. The number of benzene rings is 2. The van der Waals surface area contributed by atoms with Crippen LogP contribution in [0.25, 0.3) is 0 Å². The minimum atomic E-state index is -3.50. The zero-order valence-corrected chi connectivity index (χ0v) is 16.0. The molecule has 8 heteroatoms. The van der Waals surface area contributed by atoms with Crippen molar-refractivity contribution in [2.75, 3.05) is 13.1 Å². The first-order chi connectivity index (χ1) is 12.3. The number of likely N-dealkylation sites (tertiary alicyclic amines) is 1. The molecule has 3 rings (SSSR count). The monoisotopic (exact) mass is 415 g/mol. The summed E-state index contributed by atoms with van der Waals surface area (Å²) in [6.45, 7) is 0.267. The lowest BCUT2D eigenvalue weighted by Gasteiger charge is -2.38. The van der Waals surface area contributed by atoms with Gasteiger partial charge >= 0.3 is 0 Å². The van der Waals surface area contributed by atoms with E-state index < -0.39 is 20.9 Å². The van der Waals surface area contributed by atoms with E-state index in [1.54, 1.807) is 6.07 Å². The predicted octanol–water partition coefficient (Wildman–Crippen LogP) is 3.75. The average molecular weight is 416 g/mol. The van der Waals surface area contributed by atoms with Gasteiger partial charge in [-0.05, 0) is 42.8 Å². The molecule has 1 fully saturated rings. The lowest BCUT2D eigenvalue weighted by Crippen LogP contribution is -2.56. The number of nitrogens with zero attached hydrogens (tertiary/aromatic N) is 1. The molecular weight excluding hydrogens is 400 g/mol. The Balaban J connectivity index is 1.57. The van der Waals surface area contributed by atoms with Crippen molar-refractivity contribution in [3.05, 3.63) is 63.9 Å². The second-order valence-corrected chi connectivity index (χ2v) is 9.19. The number of halogens is 3. The molecule has 1 aliphatic heterocycles. The van der Waals surface area contributed by atoms with Crippen LogP contribution in [-0.2, 0) is 21.1 Å². The van der Waals surface area contributed by atoms with Crippen LogP contribution in [0.2, 0.25) is 10.0 Å². The first kappa shape index (κ1) is 19.1. The zero-order valence-electron chi connectivity index (χ0n) is 13.7. The molecule has 1 heterocycles. The standard InChI is InChI=1S/C18H16Cl2FNO3S/c19-12-4-6-13(7-5-12)26(24,25)14-10-22(11-14)18(23)9-8-15-16(20)2-1-3-17(15)21/h1-7,14H,8-11H2. The Morgan fingerprint density at radius 3 is 2.38 bits per heavy atom. The van der Waals surface area contributed by atoms with Gasteiger partial charge in [0.05, 0.1) is 4.90 Å². The summed E-state index contributed by atoms with van der Waals surface area (Å²) in [6.07, 6.45) is 0.254. The van der Waals surface area contributed by atoms with Crippen LogP contribution in [0.4, 0.5) is 4.39 Å². The van der Waals surface area contributed by atoms with Crippen LogP contribution in [-0.4, -0.2) is 37.6 Å². The van der Waals surface area contributed by atoms with Crippen molar-refractivity contribution >= 4 is 38.9 Å². The fourth-order valence-electron chi connectivity index (χ4n) is 2.82. The van der Waals surface area contributed by atoms with E-state index in [-0.39, 0.29) is 41.8 Å². The predicted molar refractivity (Wildman–Crippen MR) is 98.7 cm³/mol. The lowest BCUT2D eigenvalue weighted by atomic mass is 10.1. The molecule has 2 aromatic carbocycles. The van der Waals surface area contributed by atoms with Crippen LogP contribution in [0.3, 0.4) is 0 Å². The van der Waals surface area contributed by atoms with Crippen LogP contribution >= 0.6 is 23.2 Å². The Labute approximate surface area is 161 Å². The van der Waals surface area contributed by atoms with Gasteiger partial charge in [-0.25, -0.2) is 12.8 Å². The highest BCUT2D eigenvalue weighted by Gasteiger charge is 2.40. The average Bonchev–Trinajstić information content (AvgIpc) is 2.53. The SMILES string of the molecule is O=C(CCc1c(F)cccc1Cl)N1CC(S(=O)(=O)c2ccc(Cl)cc2)C1. The molecule has 0 bridgehead atoms. The fraction of sp³-hybridized carbons (Fsp3) is 0.278. The Kier molecular flexibility index (Phi) is 5.55. The van der Waals surface area contributed by atoms with Gasteiger partial charge in [-0.3, -0.25) is 4.79 Å². The van der Waals surface area contributed by atoms with Gasteiger partial charge < -0.3 is 4.90 Å². The highest BCUT2D eigenvalue weighted by Crippen LogP contribution is 2.26. The minimum Gasteiger partial charge on any atom is -0.340 e. The molecule has 1 aliphatic rings. The van der Waals surface area contributed by atoms with Gasteiger partial charge in [0.15, 0.2) is 9.84 Å². The number of hydrogen-bond acceptors (Lipinski definition) is 3. The van der Waals surface area contributed by atoms with Crippen LogP contribution in [0, 0.1) is 5.82 Å². The Bertz CT molecular complexity index is 906. The van der Waals surface area contributed by atoms with Crippen molar-refractivity contribution in [1.82, 2.24) is 4.90 Å². The van der Waals surface area contributed by atoms with Gasteiger partial charge in [0, 0.05) is 35.1 Å². The van der Waals surface area contributed by atoms with E-state index in [2.05, 4.69) is 0 Å². The zero-order chi connectivity index (χ0) is 18.9. The van der Waals surface area contributed by atoms with Crippen molar-refractivity contribution in [1.29, 1.82) is 0 Å². The number of sulfone groups is 1. The first-order valence-electron chi connectivity index (χ1n) is 7.99. The van der Waals surface area contributed by atoms with Gasteiger partial charge in [0.25, 0.3) is 0 Å². The van der Waals surface area contributed by atoms with Gasteiger partial charge in [-0.15, -0.1) is 0 Å². The van der Waals surface area contributed by atoms with E-state index in [4.69, 9.17) is 23.2 Å².